The molecule has 134 valence electrons. The summed E-state index contributed by atoms with van der Waals surface area (Å²) in [5.74, 6) is -0.472. The summed E-state index contributed by atoms with van der Waals surface area (Å²) in [5, 5.41) is 11.4. The molecule has 1 atom stereocenters. The molecule has 1 aromatic rings. The molecule has 0 fully saturated rings. The highest BCUT2D eigenvalue weighted by atomic mass is 16.5. The zero-order valence-electron chi connectivity index (χ0n) is 14.8. The molecule has 1 amide bonds. The van der Waals surface area contributed by atoms with E-state index in [4.69, 9.17) is 14.6 Å². The summed E-state index contributed by atoms with van der Waals surface area (Å²) in [6, 6.07) is 6.58. The molecule has 2 N–H and O–H groups in total. The van der Waals surface area contributed by atoms with E-state index in [0.717, 1.165) is 6.42 Å². The zero-order valence-corrected chi connectivity index (χ0v) is 14.8. The van der Waals surface area contributed by atoms with E-state index in [9.17, 15) is 9.59 Å². The minimum absolute atomic E-state index is 0.191. The lowest BCUT2D eigenvalue weighted by Gasteiger charge is -2.30. The van der Waals surface area contributed by atoms with E-state index in [1.807, 2.05) is 13.8 Å². The number of carbonyl (C=O) groups excluding carboxylic acids is 1. The lowest BCUT2D eigenvalue weighted by molar-refractivity contribution is -0.141. The van der Waals surface area contributed by atoms with E-state index in [2.05, 4.69) is 19.2 Å². The van der Waals surface area contributed by atoms with Crippen LogP contribution in [0.15, 0.2) is 24.3 Å². The first-order chi connectivity index (χ1) is 11.3. The number of benzene rings is 1. The summed E-state index contributed by atoms with van der Waals surface area (Å²) in [6.07, 6.45) is 1.47. The molecular formula is C18H27NO5. The third kappa shape index (κ3) is 6.58. The summed E-state index contributed by atoms with van der Waals surface area (Å²) in [5.41, 5.74) is -0.277. The second-order valence-electron chi connectivity index (χ2n) is 6.34. The van der Waals surface area contributed by atoms with Crippen molar-refractivity contribution >= 4 is 17.6 Å². The van der Waals surface area contributed by atoms with Crippen molar-refractivity contribution in [3.05, 3.63) is 24.3 Å². The van der Waals surface area contributed by atoms with Crippen LogP contribution >= 0.6 is 0 Å². The average molecular weight is 337 g/mol. The highest BCUT2D eigenvalue weighted by Gasteiger charge is 2.34. The molecule has 0 aliphatic heterocycles. The number of nitrogens with one attached hydrogen (secondary N) is 1. The molecule has 0 saturated carbocycles. The van der Waals surface area contributed by atoms with Crippen molar-refractivity contribution in [1.82, 2.24) is 0 Å². The lowest BCUT2D eigenvalue weighted by Crippen LogP contribution is -2.44. The van der Waals surface area contributed by atoms with Crippen LogP contribution in [0.5, 0.6) is 5.75 Å². The standard InChI is InChI=1S/C18H27NO5/c1-5-10-24-18(4,11-13(2)3)17(22)19-14-6-8-15(9-7-14)23-12-16(20)21/h6-9,13H,5,10-12H2,1-4H3,(H,19,22)(H,20,21)/t18-/m0/s1. The van der Waals surface area contributed by atoms with Gasteiger partial charge in [0.15, 0.2) is 6.61 Å². The first kappa shape index (κ1) is 20.0. The van der Waals surface area contributed by atoms with Crippen LogP contribution in [0.3, 0.4) is 0 Å². The molecule has 0 aliphatic rings. The average Bonchev–Trinajstić information content (AvgIpc) is 2.51. The predicted octanol–water partition coefficient (Wildman–Crippen LogP) is 3.32. The van der Waals surface area contributed by atoms with Gasteiger partial charge in [0.1, 0.15) is 11.4 Å². The van der Waals surface area contributed by atoms with Gasteiger partial charge in [-0.25, -0.2) is 4.79 Å². The van der Waals surface area contributed by atoms with Gasteiger partial charge >= 0.3 is 5.97 Å². The first-order valence-corrected chi connectivity index (χ1v) is 8.17. The number of aliphatic carboxylic acids is 1. The van der Waals surface area contributed by atoms with E-state index >= 15 is 0 Å². The molecule has 1 rings (SSSR count). The number of ether oxygens (including phenoxy) is 2. The van der Waals surface area contributed by atoms with Crippen molar-refractivity contribution in [2.75, 3.05) is 18.5 Å². The molecule has 0 unspecified atom stereocenters. The van der Waals surface area contributed by atoms with Gasteiger partial charge in [0.25, 0.3) is 5.91 Å². The Labute approximate surface area is 143 Å². The molecule has 6 nitrogen and oxygen atoms in total. The van der Waals surface area contributed by atoms with Crippen LogP contribution in [-0.2, 0) is 14.3 Å². The number of hydrogen-bond acceptors (Lipinski definition) is 4. The van der Waals surface area contributed by atoms with Crippen LogP contribution in [0.4, 0.5) is 5.69 Å². The quantitative estimate of drug-likeness (QED) is 0.684. The number of carboxylic acids is 1. The number of amides is 1. The second kappa shape index (κ2) is 9.27. The van der Waals surface area contributed by atoms with Gasteiger partial charge in [-0.1, -0.05) is 20.8 Å². The molecule has 0 saturated heterocycles. The van der Waals surface area contributed by atoms with Crippen molar-refractivity contribution in [2.45, 2.75) is 46.1 Å². The third-order valence-electron chi connectivity index (χ3n) is 3.38. The smallest absolute Gasteiger partial charge is 0.341 e. The van der Waals surface area contributed by atoms with Crippen LogP contribution in [-0.4, -0.2) is 35.8 Å². The van der Waals surface area contributed by atoms with Crippen LogP contribution in [0.2, 0.25) is 0 Å². The van der Waals surface area contributed by atoms with Crippen molar-refractivity contribution in [2.24, 2.45) is 5.92 Å². The van der Waals surface area contributed by atoms with Gasteiger partial charge in [0.05, 0.1) is 0 Å². The van der Waals surface area contributed by atoms with Crippen molar-refractivity contribution in [3.63, 3.8) is 0 Å². The SMILES string of the molecule is CCCO[C@@](C)(CC(C)C)C(=O)Nc1ccc(OCC(=O)O)cc1. The van der Waals surface area contributed by atoms with Crippen LogP contribution < -0.4 is 10.1 Å². The van der Waals surface area contributed by atoms with Crippen LogP contribution in [0, 0.1) is 5.92 Å². The van der Waals surface area contributed by atoms with Crippen LogP contribution in [0.25, 0.3) is 0 Å². The van der Waals surface area contributed by atoms with Gasteiger partial charge in [0, 0.05) is 12.3 Å². The Morgan fingerprint density at radius 1 is 1.25 bits per heavy atom. The summed E-state index contributed by atoms with van der Waals surface area (Å²) in [4.78, 5) is 23.1. The Bertz CT molecular complexity index is 541. The van der Waals surface area contributed by atoms with Gasteiger partial charge in [-0.15, -0.1) is 0 Å². The van der Waals surface area contributed by atoms with Crippen molar-refractivity contribution in [3.8, 4) is 5.75 Å². The number of anilines is 1. The Kier molecular flexibility index (Phi) is 7.71. The normalized spacial score (nSPS) is 13.4. The van der Waals surface area contributed by atoms with Gasteiger partial charge in [-0.05, 0) is 49.9 Å². The zero-order chi connectivity index (χ0) is 18.2. The second-order valence-corrected chi connectivity index (χ2v) is 6.34. The summed E-state index contributed by atoms with van der Waals surface area (Å²) >= 11 is 0. The van der Waals surface area contributed by atoms with E-state index in [0.29, 0.717) is 30.4 Å². The topological polar surface area (TPSA) is 84.9 Å². The minimum atomic E-state index is -1.04. The largest absolute Gasteiger partial charge is 0.482 e. The Morgan fingerprint density at radius 3 is 2.38 bits per heavy atom. The molecule has 6 heteroatoms. The lowest BCUT2D eigenvalue weighted by atomic mass is 9.93. The summed E-state index contributed by atoms with van der Waals surface area (Å²) in [6.45, 7) is 8.04. The Balaban J connectivity index is 2.73. The molecular weight excluding hydrogens is 310 g/mol. The van der Waals surface area contributed by atoms with Crippen LogP contribution in [0.1, 0.15) is 40.5 Å². The highest BCUT2D eigenvalue weighted by Crippen LogP contribution is 2.24. The minimum Gasteiger partial charge on any atom is -0.482 e. The van der Waals surface area contributed by atoms with E-state index in [1.54, 1.807) is 24.3 Å². The predicted molar refractivity (Wildman–Crippen MR) is 92.3 cm³/mol. The van der Waals surface area contributed by atoms with E-state index in [-0.39, 0.29) is 5.91 Å². The first-order valence-electron chi connectivity index (χ1n) is 8.17. The molecule has 0 aromatic heterocycles. The fourth-order valence-corrected chi connectivity index (χ4v) is 2.37. The van der Waals surface area contributed by atoms with Gasteiger partial charge < -0.3 is 19.9 Å². The molecule has 0 heterocycles. The number of rotatable bonds is 10. The maximum Gasteiger partial charge on any atom is 0.341 e. The van der Waals surface area contributed by atoms with Gasteiger partial charge in [0.2, 0.25) is 0 Å². The Morgan fingerprint density at radius 2 is 1.88 bits per heavy atom. The maximum atomic E-state index is 12.6. The summed E-state index contributed by atoms with van der Waals surface area (Å²) in [7, 11) is 0. The molecule has 0 spiro atoms. The fourth-order valence-electron chi connectivity index (χ4n) is 2.37. The molecule has 0 aliphatic carbocycles. The van der Waals surface area contributed by atoms with Gasteiger partial charge in [-0.3, -0.25) is 4.79 Å². The van der Waals surface area contributed by atoms with Crippen molar-refractivity contribution in [1.29, 1.82) is 0 Å². The van der Waals surface area contributed by atoms with E-state index < -0.39 is 18.2 Å². The monoisotopic (exact) mass is 337 g/mol. The van der Waals surface area contributed by atoms with Gasteiger partial charge in [-0.2, -0.15) is 0 Å². The van der Waals surface area contributed by atoms with E-state index in [1.165, 1.54) is 0 Å². The number of carboxylic acid groups (broad SMARTS) is 1. The Hall–Kier alpha value is -2.08. The highest BCUT2D eigenvalue weighted by molar-refractivity contribution is 5.97. The number of carbonyl (C=O) groups is 2. The summed E-state index contributed by atoms with van der Waals surface area (Å²) < 4.78 is 10.9. The number of hydrogen-bond donors (Lipinski definition) is 2. The molecule has 24 heavy (non-hydrogen) atoms. The maximum absolute atomic E-state index is 12.6. The molecule has 0 radical (unpaired) electrons. The molecule has 0 bridgehead atoms. The third-order valence-corrected chi connectivity index (χ3v) is 3.38. The van der Waals surface area contributed by atoms with Crippen molar-refractivity contribution < 1.29 is 24.2 Å². The fraction of sp³-hybridized carbons (Fsp3) is 0.556. The molecule has 1 aromatic carbocycles.